The minimum atomic E-state index is 1.11. The zero-order valence-corrected chi connectivity index (χ0v) is 25.5. The summed E-state index contributed by atoms with van der Waals surface area (Å²) >= 11 is 0. The highest BCUT2D eigenvalue weighted by Gasteiger charge is 2.15. The molecule has 0 bridgehead atoms. The van der Waals surface area contributed by atoms with Gasteiger partial charge >= 0.3 is 0 Å². The lowest BCUT2D eigenvalue weighted by Crippen LogP contribution is -2.10. The van der Waals surface area contributed by atoms with Crippen molar-refractivity contribution in [3.05, 3.63) is 200 Å². The zero-order valence-electron chi connectivity index (χ0n) is 25.5. The molecule has 0 amide bonds. The van der Waals surface area contributed by atoms with Crippen molar-refractivity contribution in [1.29, 1.82) is 0 Å². The van der Waals surface area contributed by atoms with Crippen molar-refractivity contribution in [3.8, 4) is 11.1 Å². The van der Waals surface area contributed by atoms with Crippen LogP contribution in [0.3, 0.4) is 0 Å². The molecular formula is C44H34N2. The normalized spacial score (nSPS) is 10.6. The molecule has 8 aromatic carbocycles. The smallest absolute Gasteiger partial charge is 0.0540 e. The lowest BCUT2D eigenvalue weighted by molar-refractivity contribution is 1.30. The van der Waals surface area contributed by atoms with Crippen molar-refractivity contribution < 1.29 is 0 Å². The van der Waals surface area contributed by atoms with Crippen LogP contribution in [-0.4, -0.2) is 0 Å². The monoisotopic (exact) mass is 590 g/mol. The molecule has 0 aliphatic carbocycles. The van der Waals surface area contributed by atoms with Crippen molar-refractivity contribution in [2.45, 2.75) is 0 Å². The van der Waals surface area contributed by atoms with Gasteiger partial charge in [-0.1, -0.05) is 146 Å². The summed E-state index contributed by atoms with van der Waals surface area (Å²) in [6, 6.07) is 69.9. The molecule has 0 atom stereocenters. The quantitative estimate of drug-likeness (QED) is 0.207. The summed E-state index contributed by atoms with van der Waals surface area (Å²) in [7, 11) is 0. The van der Waals surface area contributed by atoms with Crippen molar-refractivity contribution in [2.24, 2.45) is 0 Å². The van der Waals surface area contributed by atoms with Crippen LogP contribution in [0, 0.1) is 0 Å². The molecule has 0 heterocycles. The summed E-state index contributed by atoms with van der Waals surface area (Å²) in [5.41, 5.74) is 8.17. The standard InChI is InChI=1S/C28H21N.C16H13N/c1-3-10-22(11-4-1)23-18-20-26(21-19-23)29(25-14-5-2-6-15-25)28-17-9-13-24-12-7-8-16-27(24)28;1-2-8-15(9-3-1)17-16-11-10-13-6-4-5-7-14(13)12-16/h1-21H;1-12,17H. The topological polar surface area (TPSA) is 15.3 Å². The van der Waals surface area contributed by atoms with Gasteiger partial charge in [-0.2, -0.15) is 0 Å². The summed E-state index contributed by atoms with van der Waals surface area (Å²) in [6.07, 6.45) is 0. The predicted octanol–water partition coefficient (Wildman–Crippen LogP) is 12.6. The maximum Gasteiger partial charge on any atom is 0.0540 e. The van der Waals surface area contributed by atoms with Gasteiger partial charge in [0.1, 0.15) is 0 Å². The van der Waals surface area contributed by atoms with Crippen LogP contribution in [0.1, 0.15) is 0 Å². The minimum Gasteiger partial charge on any atom is -0.356 e. The number of fused-ring (bicyclic) bond motifs is 2. The number of nitrogens with zero attached hydrogens (tertiary/aromatic N) is 1. The Morgan fingerprint density at radius 3 is 1.61 bits per heavy atom. The van der Waals surface area contributed by atoms with E-state index < -0.39 is 0 Å². The van der Waals surface area contributed by atoms with E-state index in [1.54, 1.807) is 0 Å². The van der Waals surface area contributed by atoms with Gasteiger partial charge in [-0.3, -0.25) is 0 Å². The van der Waals surface area contributed by atoms with E-state index >= 15 is 0 Å². The Hall–Kier alpha value is -6.12. The van der Waals surface area contributed by atoms with Gasteiger partial charge in [-0.05, 0) is 81.9 Å². The van der Waals surface area contributed by atoms with Crippen LogP contribution in [-0.2, 0) is 0 Å². The van der Waals surface area contributed by atoms with Gasteiger partial charge in [0.05, 0.1) is 5.69 Å². The van der Waals surface area contributed by atoms with Crippen molar-refractivity contribution >= 4 is 50.0 Å². The van der Waals surface area contributed by atoms with E-state index in [1.807, 2.05) is 18.2 Å². The molecule has 0 aliphatic rings. The molecule has 46 heavy (non-hydrogen) atoms. The Balaban J connectivity index is 0.000000169. The molecule has 0 saturated carbocycles. The average Bonchev–Trinajstić information content (AvgIpc) is 3.14. The Morgan fingerprint density at radius 2 is 0.870 bits per heavy atom. The molecule has 2 nitrogen and oxygen atoms in total. The van der Waals surface area contributed by atoms with Crippen LogP contribution >= 0.6 is 0 Å². The molecule has 0 aliphatic heterocycles. The summed E-state index contributed by atoms with van der Waals surface area (Å²) < 4.78 is 0. The van der Waals surface area contributed by atoms with E-state index in [1.165, 1.54) is 38.4 Å². The molecule has 8 rings (SSSR count). The second-order valence-electron chi connectivity index (χ2n) is 11.1. The molecule has 2 heteroatoms. The van der Waals surface area contributed by atoms with Gasteiger partial charge in [-0.15, -0.1) is 0 Å². The Labute approximate surface area is 270 Å². The first-order chi connectivity index (χ1) is 22.8. The Bertz CT molecular complexity index is 2150. The fraction of sp³-hybridized carbons (Fsp3) is 0. The molecule has 0 radical (unpaired) electrons. The maximum absolute atomic E-state index is 3.40. The molecule has 0 spiro atoms. The Morgan fingerprint density at radius 1 is 0.326 bits per heavy atom. The molecule has 1 N–H and O–H groups in total. The largest absolute Gasteiger partial charge is 0.356 e. The molecule has 0 aromatic heterocycles. The first kappa shape index (κ1) is 28.6. The third kappa shape index (κ3) is 6.52. The summed E-state index contributed by atoms with van der Waals surface area (Å²) in [5.74, 6) is 0. The van der Waals surface area contributed by atoms with Gasteiger partial charge in [0.25, 0.3) is 0 Å². The lowest BCUT2D eigenvalue weighted by Gasteiger charge is -2.27. The highest BCUT2D eigenvalue weighted by molar-refractivity contribution is 5.99. The number of nitrogens with one attached hydrogen (secondary N) is 1. The SMILES string of the molecule is c1ccc(-c2ccc(N(c3ccccc3)c3cccc4ccccc34)cc2)cc1.c1ccc(Nc2ccc3ccccc3c2)cc1. The predicted molar refractivity (Wildman–Crippen MR) is 198 cm³/mol. The minimum absolute atomic E-state index is 1.11. The zero-order chi connectivity index (χ0) is 31.0. The van der Waals surface area contributed by atoms with E-state index in [0.29, 0.717) is 0 Å². The molecule has 0 fully saturated rings. The van der Waals surface area contributed by atoms with Crippen LogP contribution in [0.5, 0.6) is 0 Å². The van der Waals surface area contributed by atoms with Gasteiger partial charge in [0, 0.05) is 28.1 Å². The van der Waals surface area contributed by atoms with Crippen molar-refractivity contribution in [2.75, 3.05) is 10.2 Å². The average molecular weight is 591 g/mol. The van der Waals surface area contributed by atoms with Crippen LogP contribution in [0.2, 0.25) is 0 Å². The summed E-state index contributed by atoms with van der Waals surface area (Å²) in [6.45, 7) is 0. The third-order valence-electron chi connectivity index (χ3n) is 8.07. The van der Waals surface area contributed by atoms with Crippen molar-refractivity contribution in [1.82, 2.24) is 0 Å². The van der Waals surface area contributed by atoms with E-state index in [0.717, 1.165) is 22.7 Å². The second-order valence-corrected chi connectivity index (χ2v) is 11.1. The number of rotatable bonds is 6. The fourth-order valence-electron chi connectivity index (χ4n) is 5.80. The third-order valence-corrected chi connectivity index (χ3v) is 8.07. The highest BCUT2D eigenvalue weighted by Crippen LogP contribution is 2.39. The van der Waals surface area contributed by atoms with Crippen LogP contribution < -0.4 is 10.2 Å². The van der Waals surface area contributed by atoms with Crippen molar-refractivity contribution in [3.63, 3.8) is 0 Å². The lowest BCUT2D eigenvalue weighted by atomic mass is 10.0. The second kappa shape index (κ2) is 13.7. The van der Waals surface area contributed by atoms with Gasteiger partial charge in [0.2, 0.25) is 0 Å². The van der Waals surface area contributed by atoms with Crippen LogP contribution in [0.4, 0.5) is 28.4 Å². The van der Waals surface area contributed by atoms with Gasteiger partial charge in [-0.25, -0.2) is 0 Å². The molecular weight excluding hydrogens is 556 g/mol. The van der Waals surface area contributed by atoms with E-state index in [4.69, 9.17) is 0 Å². The van der Waals surface area contributed by atoms with Crippen LogP contribution in [0.15, 0.2) is 200 Å². The molecule has 0 saturated heterocycles. The van der Waals surface area contributed by atoms with E-state index in [9.17, 15) is 0 Å². The number of benzene rings is 8. The number of hydrogen-bond donors (Lipinski definition) is 1. The number of hydrogen-bond acceptors (Lipinski definition) is 2. The highest BCUT2D eigenvalue weighted by atomic mass is 15.1. The van der Waals surface area contributed by atoms with Crippen LogP contribution in [0.25, 0.3) is 32.7 Å². The summed E-state index contributed by atoms with van der Waals surface area (Å²) in [4.78, 5) is 2.33. The molecule has 220 valence electrons. The molecule has 8 aromatic rings. The van der Waals surface area contributed by atoms with E-state index in [-0.39, 0.29) is 0 Å². The summed E-state index contributed by atoms with van der Waals surface area (Å²) in [5, 5.41) is 8.41. The molecule has 0 unspecified atom stereocenters. The van der Waals surface area contributed by atoms with Gasteiger partial charge < -0.3 is 10.2 Å². The first-order valence-electron chi connectivity index (χ1n) is 15.6. The van der Waals surface area contributed by atoms with E-state index in [2.05, 4.69) is 192 Å². The fourth-order valence-corrected chi connectivity index (χ4v) is 5.80. The number of para-hydroxylation sites is 2. The van der Waals surface area contributed by atoms with Gasteiger partial charge in [0.15, 0.2) is 0 Å². The maximum atomic E-state index is 3.40. The Kier molecular flexibility index (Phi) is 8.51. The number of anilines is 5. The first-order valence-corrected chi connectivity index (χ1v) is 15.6.